The van der Waals surface area contributed by atoms with Crippen molar-refractivity contribution in [3.63, 3.8) is 0 Å². The maximum atomic E-state index is 5.41. The summed E-state index contributed by atoms with van der Waals surface area (Å²) in [6.07, 6.45) is 1.67. The quantitative estimate of drug-likeness (QED) is 0.704. The summed E-state index contributed by atoms with van der Waals surface area (Å²) in [6, 6.07) is 3.69. The van der Waals surface area contributed by atoms with Crippen LogP contribution in [0.5, 0.6) is 0 Å². The summed E-state index contributed by atoms with van der Waals surface area (Å²) in [6.45, 7) is 0.554. The lowest BCUT2D eigenvalue weighted by molar-refractivity contribution is 0.185. The topological polar surface area (TPSA) is 48.1 Å². The van der Waals surface area contributed by atoms with Crippen LogP contribution >= 0.6 is 12.2 Å². The predicted molar refractivity (Wildman–Crippen MR) is 50.8 cm³/mol. The molecule has 0 saturated carbocycles. The highest BCUT2D eigenvalue weighted by Crippen LogP contribution is 2.02. The van der Waals surface area contributed by atoms with Crippen molar-refractivity contribution in [3.8, 4) is 0 Å². The molecule has 4 heteroatoms. The molecule has 0 aliphatic rings. The van der Waals surface area contributed by atoms with Crippen LogP contribution in [0.4, 0.5) is 0 Å². The molecular formula is C8H10N2OS. The van der Waals surface area contributed by atoms with Crippen molar-refractivity contribution < 1.29 is 4.74 Å². The highest BCUT2D eigenvalue weighted by molar-refractivity contribution is 7.80. The van der Waals surface area contributed by atoms with Crippen LogP contribution in [0.1, 0.15) is 11.3 Å². The average Bonchev–Trinajstić information content (AvgIpc) is 2.05. The molecule has 0 fully saturated rings. The number of ether oxygens (including phenoxy) is 1. The first-order chi connectivity index (χ1) is 5.74. The van der Waals surface area contributed by atoms with Gasteiger partial charge in [-0.25, -0.2) is 0 Å². The Balaban J connectivity index is 2.88. The van der Waals surface area contributed by atoms with Crippen molar-refractivity contribution in [2.45, 2.75) is 6.61 Å². The summed E-state index contributed by atoms with van der Waals surface area (Å²) in [4.78, 5) is 4.31. The first-order valence-corrected chi connectivity index (χ1v) is 3.88. The second-order valence-corrected chi connectivity index (χ2v) is 2.79. The van der Waals surface area contributed by atoms with Gasteiger partial charge in [-0.2, -0.15) is 0 Å². The molecule has 1 aromatic heterocycles. The molecule has 0 spiro atoms. The van der Waals surface area contributed by atoms with Crippen molar-refractivity contribution in [1.29, 1.82) is 0 Å². The first-order valence-electron chi connectivity index (χ1n) is 3.47. The lowest BCUT2D eigenvalue weighted by Crippen LogP contribution is -2.11. The van der Waals surface area contributed by atoms with Crippen LogP contribution in [-0.2, 0) is 11.3 Å². The van der Waals surface area contributed by atoms with Gasteiger partial charge in [-0.15, -0.1) is 0 Å². The van der Waals surface area contributed by atoms with Crippen molar-refractivity contribution in [3.05, 3.63) is 29.6 Å². The minimum absolute atomic E-state index is 0.313. The first kappa shape index (κ1) is 9.09. The van der Waals surface area contributed by atoms with E-state index in [1.807, 2.05) is 12.1 Å². The van der Waals surface area contributed by atoms with Gasteiger partial charge in [0.25, 0.3) is 0 Å². The van der Waals surface area contributed by atoms with Crippen LogP contribution in [0.3, 0.4) is 0 Å². The fourth-order valence-electron chi connectivity index (χ4n) is 0.865. The molecule has 0 aromatic carbocycles. The summed E-state index contributed by atoms with van der Waals surface area (Å²) in [5.41, 5.74) is 7.07. The monoisotopic (exact) mass is 182 g/mol. The van der Waals surface area contributed by atoms with Crippen molar-refractivity contribution in [2.24, 2.45) is 5.73 Å². The molecule has 0 aliphatic carbocycles. The zero-order chi connectivity index (χ0) is 8.97. The number of hydrogen-bond donors (Lipinski definition) is 1. The Bertz CT molecular complexity index is 288. The van der Waals surface area contributed by atoms with E-state index in [9.17, 15) is 0 Å². The second kappa shape index (κ2) is 4.13. The Hall–Kier alpha value is -1.00. The lowest BCUT2D eigenvalue weighted by Gasteiger charge is -2.01. The van der Waals surface area contributed by atoms with E-state index in [4.69, 9.17) is 22.7 Å². The molecule has 12 heavy (non-hydrogen) atoms. The number of nitrogens with two attached hydrogens (primary N) is 1. The Labute approximate surface area is 76.6 Å². The van der Waals surface area contributed by atoms with E-state index in [2.05, 4.69) is 4.98 Å². The molecule has 1 heterocycles. The Kier molecular flexibility index (Phi) is 3.13. The van der Waals surface area contributed by atoms with E-state index >= 15 is 0 Å². The molecule has 0 radical (unpaired) electrons. The summed E-state index contributed by atoms with van der Waals surface area (Å²) >= 11 is 4.78. The van der Waals surface area contributed by atoms with Gasteiger partial charge in [0.1, 0.15) is 4.99 Å². The molecule has 1 aromatic rings. The van der Waals surface area contributed by atoms with E-state index < -0.39 is 0 Å². The third-order valence-electron chi connectivity index (χ3n) is 1.39. The summed E-state index contributed by atoms with van der Waals surface area (Å²) in [7, 11) is 1.64. The zero-order valence-electron chi connectivity index (χ0n) is 6.78. The van der Waals surface area contributed by atoms with E-state index in [-0.39, 0.29) is 0 Å². The summed E-state index contributed by atoms with van der Waals surface area (Å²) < 4.78 is 4.95. The fourth-order valence-corrected chi connectivity index (χ4v) is 0.977. The van der Waals surface area contributed by atoms with Crippen LogP contribution < -0.4 is 5.73 Å². The number of aromatic nitrogens is 1. The van der Waals surface area contributed by atoms with Crippen LogP contribution in [0.25, 0.3) is 0 Å². The van der Waals surface area contributed by atoms with Gasteiger partial charge in [-0.3, -0.25) is 4.98 Å². The number of methoxy groups -OCH3 is 1. The fraction of sp³-hybridized carbons (Fsp3) is 0.250. The zero-order valence-corrected chi connectivity index (χ0v) is 7.60. The van der Waals surface area contributed by atoms with Crippen LogP contribution in [0.15, 0.2) is 18.3 Å². The number of nitrogens with zero attached hydrogens (tertiary/aromatic N) is 1. The lowest BCUT2D eigenvalue weighted by atomic mass is 10.2. The molecule has 0 amide bonds. The smallest absolute Gasteiger partial charge is 0.122 e. The molecule has 0 atom stereocenters. The van der Waals surface area contributed by atoms with E-state index in [1.54, 1.807) is 13.3 Å². The van der Waals surface area contributed by atoms with E-state index in [0.717, 1.165) is 5.56 Å². The standard InChI is InChI=1S/C8H10N2OS/c1-11-5-6-2-3-10-7(4-6)8(9)12/h2-4H,5H2,1H3,(H2,9,12). The normalized spacial score (nSPS) is 9.75. The number of rotatable bonds is 3. The third kappa shape index (κ3) is 2.25. The molecule has 0 aliphatic heterocycles. The van der Waals surface area contributed by atoms with Gasteiger partial charge >= 0.3 is 0 Å². The van der Waals surface area contributed by atoms with Crippen molar-refractivity contribution in [1.82, 2.24) is 4.98 Å². The summed E-state index contributed by atoms with van der Waals surface area (Å²) in [5, 5.41) is 0. The number of thiocarbonyl (C=S) groups is 1. The SMILES string of the molecule is COCc1ccnc(C(N)=S)c1. The minimum Gasteiger partial charge on any atom is -0.388 e. The van der Waals surface area contributed by atoms with Gasteiger partial charge in [-0.05, 0) is 17.7 Å². The van der Waals surface area contributed by atoms with E-state index in [1.165, 1.54) is 0 Å². The highest BCUT2D eigenvalue weighted by Gasteiger charge is 1.98. The molecular weight excluding hydrogens is 172 g/mol. The average molecular weight is 182 g/mol. The van der Waals surface area contributed by atoms with Crippen LogP contribution in [0, 0.1) is 0 Å². The molecule has 64 valence electrons. The van der Waals surface area contributed by atoms with Crippen molar-refractivity contribution >= 4 is 17.2 Å². The summed E-state index contributed by atoms with van der Waals surface area (Å²) in [5.74, 6) is 0. The highest BCUT2D eigenvalue weighted by atomic mass is 32.1. The minimum atomic E-state index is 0.313. The maximum Gasteiger partial charge on any atom is 0.122 e. The van der Waals surface area contributed by atoms with Gasteiger partial charge in [-0.1, -0.05) is 12.2 Å². The third-order valence-corrected chi connectivity index (χ3v) is 1.60. The van der Waals surface area contributed by atoms with Gasteiger partial charge in [0.15, 0.2) is 0 Å². The largest absolute Gasteiger partial charge is 0.388 e. The molecule has 0 bridgehead atoms. The molecule has 2 N–H and O–H groups in total. The predicted octanol–water partition coefficient (Wildman–Crippen LogP) is 0.862. The Morgan fingerprint density at radius 2 is 2.50 bits per heavy atom. The van der Waals surface area contributed by atoms with Gasteiger partial charge in [0, 0.05) is 13.3 Å². The number of pyridine rings is 1. The van der Waals surface area contributed by atoms with Crippen LogP contribution in [0.2, 0.25) is 0 Å². The van der Waals surface area contributed by atoms with E-state index in [0.29, 0.717) is 17.3 Å². The maximum absolute atomic E-state index is 5.41. The molecule has 3 nitrogen and oxygen atoms in total. The molecule has 1 rings (SSSR count). The molecule has 0 saturated heterocycles. The Morgan fingerprint density at radius 3 is 3.08 bits per heavy atom. The number of hydrogen-bond acceptors (Lipinski definition) is 3. The van der Waals surface area contributed by atoms with Crippen LogP contribution in [-0.4, -0.2) is 17.1 Å². The Morgan fingerprint density at radius 1 is 1.75 bits per heavy atom. The van der Waals surface area contributed by atoms with Crippen molar-refractivity contribution in [2.75, 3.05) is 7.11 Å². The van der Waals surface area contributed by atoms with Gasteiger partial charge in [0.2, 0.25) is 0 Å². The van der Waals surface area contributed by atoms with Gasteiger partial charge < -0.3 is 10.5 Å². The second-order valence-electron chi connectivity index (χ2n) is 2.35. The molecule has 0 unspecified atom stereocenters. The van der Waals surface area contributed by atoms with Gasteiger partial charge in [0.05, 0.1) is 12.3 Å².